The Morgan fingerprint density at radius 3 is 3.06 bits per heavy atom. The van der Waals surface area contributed by atoms with Crippen molar-refractivity contribution in [2.24, 2.45) is 0 Å². The minimum atomic E-state index is -0.233. The summed E-state index contributed by atoms with van der Waals surface area (Å²) in [6, 6.07) is 4.66. The summed E-state index contributed by atoms with van der Waals surface area (Å²) in [6.07, 6.45) is 4.13. The van der Waals surface area contributed by atoms with E-state index in [0.29, 0.717) is 6.54 Å². The van der Waals surface area contributed by atoms with Gasteiger partial charge in [0.25, 0.3) is 0 Å². The molecular weight excluding hydrogens is 285 g/mol. The molecular formula is C13H15BrFNO. The van der Waals surface area contributed by atoms with Gasteiger partial charge in [0.2, 0.25) is 0 Å². The molecule has 0 spiro atoms. The van der Waals surface area contributed by atoms with Gasteiger partial charge in [-0.15, -0.1) is 0 Å². The molecule has 1 aromatic carbocycles. The van der Waals surface area contributed by atoms with Crippen molar-refractivity contribution in [3.63, 3.8) is 0 Å². The Hall–Kier alpha value is -0.740. The minimum Gasteiger partial charge on any atom is -0.302 e. The number of carbonyl (C=O) groups is 1. The molecule has 0 radical (unpaired) electrons. The summed E-state index contributed by atoms with van der Waals surface area (Å²) in [5.41, 5.74) is 0.902. The summed E-state index contributed by atoms with van der Waals surface area (Å²) >= 11 is 3.42. The van der Waals surface area contributed by atoms with E-state index in [4.69, 9.17) is 0 Å². The fourth-order valence-electron chi connectivity index (χ4n) is 2.25. The Kier molecular flexibility index (Phi) is 4.29. The topological polar surface area (TPSA) is 20.3 Å². The van der Waals surface area contributed by atoms with Crippen LogP contribution in [0, 0.1) is 5.82 Å². The van der Waals surface area contributed by atoms with Crippen molar-refractivity contribution in [3.05, 3.63) is 34.1 Å². The van der Waals surface area contributed by atoms with Crippen LogP contribution in [0.1, 0.15) is 24.8 Å². The van der Waals surface area contributed by atoms with E-state index < -0.39 is 0 Å². The van der Waals surface area contributed by atoms with E-state index in [1.807, 2.05) is 0 Å². The first kappa shape index (κ1) is 12.7. The molecule has 17 heavy (non-hydrogen) atoms. The lowest BCUT2D eigenvalue weighted by Gasteiger charge is -2.32. The third-order valence-corrected chi connectivity index (χ3v) is 3.98. The predicted molar refractivity (Wildman–Crippen MR) is 68.2 cm³/mol. The van der Waals surface area contributed by atoms with Gasteiger partial charge in [0.1, 0.15) is 12.1 Å². The van der Waals surface area contributed by atoms with Crippen LogP contribution in [0.5, 0.6) is 0 Å². The maximum atomic E-state index is 13.2. The molecule has 1 atom stereocenters. The van der Waals surface area contributed by atoms with E-state index in [-0.39, 0.29) is 11.9 Å². The number of aldehydes is 1. The average Bonchev–Trinajstić information content (AvgIpc) is 2.34. The largest absolute Gasteiger partial charge is 0.302 e. The summed E-state index contributed by atoms with van der Waals surface area (Å²) in [4.78, 5) is 13.1. The van der Waals surface area contributed by atoms with Gasteiger partial charge >= 0.3 is 0 Å². The zero-order valence-electron chi connectivity index (χ0n) is 9.53. The van der Waals surface area contributed by atoms with Gasteiger partial charge < -0.3 is 4.79 Å². The summed E-state index contributed by atoms with van der Waals surface area (Å²) in [5.74, 6) is -0.233. The van der Waals surface area contributed by atoms with Gasteiger partial charge in [-0.1, -0.05) is 22.4 Å². The molecule has 92 valence electrons. The maximum absolute atomic E-state index is 13.2. The lowest BCUT2D eigenvalue weighted by atomic mass is 10.0. The molecule has 1 heterocycles. The van der Waals surface area contributed by atoms with Gasteiger partial charge in [-0.25, -0.2) is 4.39 Å². The van der Waals surface area contributed by atoms with Gasteiger partial charge in [-0.2, -0.15) is 0 Å². The van der Waals surface area contributed by atoms with E-state index in [1.165, 1.54) is 12.1 Å². The normalized spacial score (nSPS) is 21.4. The summed E-state index contributed by atoms with van der Waals surface area (Å²) in [6.45, 7) is 1.54. The molecule has 1 saturated heterocycles. The zero-order valence-corrected chi connectivity index (χ0v) is 11.1. The fraction of sp³-hybridized carbons (Fsp3) is 0.462. The van der Waals surface area contributed by atoms with E-state index in [2.05, 4.69) is 20.8 Å². The highest BCUT2D eigenvalue weighted by atomic mass is 79.9. The lowest BCUT2D eigenvalue weighted by Crippen LogP contribution is -2.39. The van der Waals surface area contributed by atoms with Crippen molar-refractivity contribution >= 4 is 22.2 Å². The summed E-state index contributed by atoms with van der Waals surface area (Å²) < 4.78 is 14.1. The van der Waals surface area contributed by atoms with Crippen LogP contribution < -0.4 is 0 Å². The SMILES string of the molecule is O=CC1CCCCN1Cc1cc(F)ccc1Br. The Labute approximate surface area is 109 Å². The van der Waals surface area contributed by atoms with E-state index >= 15 is 0 Å². The quantitative estimate of drug-likeness (QED) is 0.799. The first-order valence-electron chi connectivity index (χ1n) is 5.84. The second-order valence-corrected chi connectivity index (χ2v) is 5.26. The molecule has 1 unspecified atom stereocenters. The summed E-state index contributed by atoms with van der Waals surface area (Å²) in [7, 11) is 0. The third kappa shape index (κ3) is 3.13. The smallest absolute Gasteiger partial charge is 0.137 e. The van der Waals surface area contributed by atoms with Crippen molar-refractivity contribution in [3.8, 4) is 0 Å². The van der Waals surface area contributed by atoms with Crippen LogP contribution in [-0.4, -0.2) is 23.8 Å². The highest BCUT2D eigenvalue weighted by Crippen LogP contribution is 2.23. The number of halogens is 2. The Bertz CT molecular complexity index is 410. The number of hydrogen-bond donors (Lipinski definition) is 0. The zero-order chi connectivity index (χ0) is 12.3. The number of carbonyl (C=O) groups excluding carboxylic acids is 1. The molecule has 2 rings (SSSR count). The number of rotatable bonds is 3. The van der Waals surface area contributed by atoms with Gasteiger partial charge in [0.15, 0.2) is 0 Å². The van der Waals surface area contributed by atoms with E-state index in [9.17, 15) is 9.18 Å². The number of piperidine rings is 1. The highest BCUT2D eigenvalue weighted by molar-refractivity contribution is 9.10. The second-order valence-electron chi connectivity index (χ2n) is 4.41. The van der Waals surface area contributed by atoms with Crippen LogP contribution in [0.3, 0.4) is 0 Å². The molecule has 0 saturated carbocycles. The molecule has 0 aliphatic carbocycles. The lowest BCUT2D eigenvalue weighted by molar-refractivity contribution is -0.113. The first-order chi connectivity index (χ1) is 8.20. The summed E-state index contributed by atoms with van der Waals surface area (Å²) in [5, 5.41) is 0. The number of benzene rings is 1. The maximum Gasteiger partial charge on any atom is 0.137 e. The number of hydrogen-bond acceptors (Lipinski definition) is 2. The molecule has 4 heteroatoms. The average molecular weight is 300 g/mol. The van der Waals surface area contributed by atoms with E-state index in [0.717, 1.165) is 42.1 Å². The molecule has 0 amide bonds. The standard InChI is InChI=1S/C13H15BrFNO/c14-13-5-4-11(15)7-10(13)8-16-6-2-1-3-12(16)9-17/h4-5,7,9,12H,1-3,6,8H2. The Morgan fingerprint density at radius 2 is 2.29 bits per heavy atom. The van der Waals surface area contributed by atoms with Crippen LogP contribution in [0.4, 0.5) is 4.39 Å². The van der Waals surface area contributed by atoms with Crippen LogP contribution in [-0.2, 0) is 11.3 Å². The van der Waals surface area contributed by atoms with Crippen molar-refractivity contribution in [1.82, 2.24) is 4.90 Å². The predicted octanol–water partition coefficient (Wildman–Crippen LogP) is 3.14. The van der Waals surface area contributed by atoms with Crippen LogP contribution >= 0.6 is 15.9 Å². The Balaban J connectivity index is 2.13. The van der Waals surface area contributed by atoms with Crippen molar-refractivity contribution < 1.29 is 9.18 Å². The van der Waals surface area contributed by atoms with Gasteiger partial charge in [-0.05, 0) is 43.1 Å². The van der Waals surface area contributed by atoms with Crippen LogP contribution in [0.2, 0.25) is 0 Å². The molecule has 2 nitrogen and oxygen atoms in total. The first-order valence-corrected chi connectivity index (χ1v) is 6.63. The molecule has 1 aliphatic rings. The van der Waals surface area contributed by atoms with Crippen LogP contribution in [0.25, 0.3) is 0 Å². The van der Waals surface area contributed by atoms with Crippen molar-refractivity contribution in [1.29, 1.82) is 0 Å². The second kappa shape index (κ2) is 5.74. The van der Waals surface area contributed by atoms with Gasteiger partial charge in [-0.3, -0.25) is 4.90 Å². The van der Waals surface area contributed by atoms with Crippen molar-refractivity contribution in [2.75, 3.05) is 6.54 Å². The Morgan fingerprint density at radius 1 is 1.47 bits per heavy atom. The molecule has 1 fully saturated rings. The van der Waals surface area contributed by atoms with E-state index in [1.54, 1.807) is 6.07 Å². The van der Waals surface area contributed by atoms with Crippen molar-refractivity contribution in [2.45, 2.75) is 31.8 Å². The molecule has 1 aliphatic heterocycles. The molecule has 0 aromatic heterocycles. The third-order valence-electron chi connectivity index (χ3n) is 3.20. The molecule has 1 aromatic rings. The highest BCUT2D eigenvalue weighted by Gasteiger charge is 2.22. The van der Waals surface area contributed by atoms with Gasteiger partial charge in [0.05, 0.1) is 6.04 Å². The van der Waals surface area contributed by atoms with Crippen LogP contribution in [0.15, 0.2) is 22.7 Å². The fourth-order valence-corrected chi connectivity index (χ4v) is 2.62. The van der Waals surface area contributed by atoms with Gasteiger partial charge in [0, 0.05) is 11.0 Å². The monoisotopic (exact) mass is 299 g/mol. The number of likely N-dealkylation sites (tertiary alicyclic amines) is 1. The molecule has 0 N–H and O–H groups in total. The minimum absolute atomic E-state index is 0.0149. The molecule has 0 bridgehead atoms. The number of nitrogens with zero attached hydrogens (tertiary/aromatic N) is 1.